The molecule has 0 atom stereocenters. The minimum absolute atomic E-state index is 0.297. The van der Waals surface area contributed by atoms with Crippen molar-refractivity contribution >= 4 is 20.1 Å². The van der Waals surface area contributed by atoms with E-state index >= 15 is 0 Å². The minimum atomic E-state index is -1.60. The molecule has 0 amide bonds. The first-order valence-corrected chi connectivity index (χ1v) is 12.7. The normalized spacial score (nSPS) is 13.1. The molecule has 0 aliphatic carbocycles. The minimum Gasteiger partial charge on any atom is -0.417 e. The van der Waals surface area contributed by atoms with Gasteiger partial charge < -0.3 is 4.43 Å². The van der Waals surface area contributed by atoms with Gasteiger partial charge in [0.25, 0.3) is 0 Å². The topological polar surface area (TPSA) is 9.23 Å². The number of hydrogen-bond donors (Lipinski definition) is 0. The predicted octanol–water partition coefficient (Wildman–Crippen LogP) is 7.43. The molecule has 0 saturated carbocycles. The van der Waals surface area contributed by atoms with E-state index in [1.165, 1.54) is 16.2 Å². The molecule has 0 heterocycles. The third kappa shape index (κ3) is 7.87. The van der Waals surface area contributed by atoms with Crippen molar-refractivity contribution in [2.45, 2.75) is 69.5 Å². The SMILES string of the molecule is C=CC/C=C(/CCCCO[Si](C)(C)C(C)(C)C)Sc1ccccc1. The Kier molecular flexibility index (Phi) is 9.10. The van der Waals surface area contributed by atoms with Gasteiger partial charge in [0.05, 0.1) is 0 Å². The van der Waals surface area contributed by atoms with Crippen molar-refractivity contribution in [3.8, 4) is 0 Å². The molecule has 134 valence electrons. The maximum absolute atomic E-state index is 6.27. The Morgan fingerprint density at radius 2 is 1.83 bits per heavy atom. The summed E-state index contributed by atoms with van der Waals surface area (Å²) in [4.78, 5) is 2.75. The number of benzene rings is 1. The monoisotopic (exact) mass is 362 g/mol. The Hall–Kier alpha value is -0.773. The summed E-state index contributed by atoms with van der Waals surface area (Å²) >= 11 is 1.88. The van der Waals surface area contributed by atoms with Gasteiger partial charge in [0, 0.05) is 11.5 Å². The lowest BCUT2D eigenvalue weighted by Crippen LogP contribution is -2.40. The smallest absolute Gasteiger partial charge is 0.191 e. The van der Waals surface area contributed by atoms with Crippen molar-refractivity contribution < 1.29 is 4.43 Å². The molecule has 1 aromatic carbocycles. The van der Waals surface area contributed by atoms with Gasteiger partial charge in [-0.2, -0.15) is 0 Å². The van der Waals surface area contributed by atoms with Crippen molar-refractivity contribution in [1.82, 2.24) is 0 Å². The van der Waals surface area contributed by atoms with Crippen LogP contribution in [0.4, 0.5) is 0 Å². The van der Waals surface area contributed by atoms with E-state index < -0.39 is 8.32 Å². The highest BCUT2D eigenvalue weighted by molar-refractivity contribution is 8.03. The lowest BCUT2D eigenvalue weighted by molar-refractivity contribution is 0.279. The highest BCUT2D eigenvalue weighted by Crippen LogP contribution is 2.36. The fourth-order valence-corrected chi connectivity index (χ4v) is 4.10. The molecular weight excluding hydrogens is 328 g/mol. The summed E-state index contributed by atoms with van der Waals surface area (Å²) in [6.45, 7) is 16.3. The molecule has 1 rings (SSSR count). The van der Waals surface area contributed by atoms with E-state index in [4.69, 9.17) is 4.43 Å². The zero-order chi connectivity index (χ0) is 18.1. The lowest BCUT2D eigenvalue weighted by Gasteiger charge is -2.36. The zero-order valence-corrected chi connectivity index (χ0v) is 17.9. The number of thioether (sulfide) groups is 1. The van der Waals surface area contributed by atoms with Crippen LogP contribution in [0.3, 0.4) is 0 Å². The van der Waals surface area contributed by atoms with E-state index in [-0.39, 0.29) is 0 Å². The molecule has 0 N–H and O–H groups in total. The number of hydrogen-bond acceptors (Lipinski definition) is 2. The molecule has 24 heavy (non-hydrogen) atoms. The Bertz CT molecular complexity index is 514. The van der Waals surface area contributed by atoms with Gasteiger partial charge in [-0.15, -0.1) is 6.58 Å². The van der Waals surface area contributed by atoms with Crippen LogP contribution in [-0.4, -0.2) is 14.9 Å². The van der Waals surface area contributed by atoms with Gasteiger partial charge in [-0.3, -0.25) is 0 Å². The second-order valence-corrected chi connectivity index (χ2v) is 13.7. The Morgan fingerprint density at radius 3 is 2.42 bits per heavy atom. The van der Waals surface area contributed by atoms with Gasteiger partial charge in [0.2, 0.25) is 0 Å². The molecule has 0 aliphatic heterocycles. The van der Waals surface area contributed by atoms with Gasteiger partial charge in [-0.1, -0.05) is 62.9 Å². The summed E-state index contributed by atoms with van der Waals surface area (Å²) in [7, 11) is -1.60. The number of allylic oxidation sites excluding steroid dienone is 3. The van der Waals surface area contributed by atoms with Crippen molar-refractivity contribution in [3.63, 3.8) is 0 Å². The predicted molar refractivity (Wildman–Crippen MR) is 112 cm³/mol. The number of rotatable bonds is 10. The highest BCUT2D eigenvalue weighted by Gasteiger charge is 2.36. The lowest BCUT2D eigenvalue weighted by atomic mass is 10.2. The number of unbranched alkanes of at least 4 members (excludes halogenated alkanes) is 1. The molecule has 3 heteroatoms. The molecule has 0 saturated heterocycles. The van der Waals surface area contributed by atoms with E-state index in [0.29, 0.717) is 5.04 Å². The van der Waals surface area contributed by atoms with Gasteiger partial charge in [0.1, 0.15) is 0 Å². The van der Waals surface area contributed by atoms with Crippen LogP contribution in [0.2, 0.25) is 18.1 Å². The summed E-state index contributed by atoms with van der Waals surface area (Å²) in [5, 5.41) is 0.297. The fraction of sp³-hybridized carbons (Fsp3) is 0.524. The second-order valence-electron chi connectivity index (χ2n) is 7.68. The molecule has 0 fully saturated rings. The van der Waals surface area contributed by atoms with E-state index in [2.05, 4.69) is 76.9 Å². The molecular formula is C21H34OSSi. The molecule has 0 radical (unpaired) electrons. The van der Waals surface area contributed by atoms with E-state index in [9.17, 15) is 0 Å². The Morgan fingerprint density at radius 1 is 1.17 bits per heavy atom. The van der Waals surface area contributed by atoms with Gasteiger partial charge in [-0.25, -0.2) is 0 Å². The molecule has 0 aromatic heterocycles. The summed E-state index contributed by atoms with van der Waals surface area (Å²) in [6.07, 6.45) is 8.64. The molecule has 0 aliphatic rings. The van der Waals surface area contributed by atoms with Gasteiger partial charge >= 0.3 is 0 Å². The highest BCUT2D eigenvalue weighted by atomic mass is 32.2. The Balaban J connectivity index is 2.42. The molecule has 0 unspecified atom stereocenters. The fourth-order valence-electron chi connectivity index (χ4n) is 1.99. The first-order valence-electron chi connectivity index (χ1n) is 8.93. The van der Waals surface area contributed by atoms with Gasteiger partial charge in [0.15, 0.2) is 8.32 Å². The quantitative estimate of drug-likeness (QED) is 0.185. The first kappa shape index (κ1) is 21.3. The van der Waals surface area contributed by atoms with Crippen LogP contribution in [-0.2, 0) is 4.43 Å². The van der Waals surface area contributed by atoms with E-state index in [1.54, 1.807) is 0 Å². The van der Waals surface area contributed by atoms with Crippen LogP contribution >= 0.6 is 11.8 Å². The first-order chi connectivity index (χ1) is 11.3. The van der Waals surface area contributed by atoms with Crippen LogP contribution in [0.15, 0.2) is 58.9 Å². The van der Waals surface area contributed by atoms with Gasteiger partial charge in [-0.05, 0) is 60.9 Å². The van der Waals surface area contributed by atoms with Crippen LogP contribution in [0, 0.1) is 0 Å². The Labute approximate surface area is 154 Å². The maximum atomic E-state index is 6.27. The maximum Gasteiger partial charge on any atom is 0.191 e. The third-order valence-corrected chi connectivity index (χ3v) is 10.3. The van der Waals surface area contributed by atoms with E-state index in [1.807, 2.05) is 17.8 Å². The summed E-state index contributed by atoms with van der Waals surface area (Å²) in [5.41, 5.74) is 0. The standard InChI is InChI=1S/C21H34OSSi/c1-7-8-14-19(23-20-15-10-9-11-16-20)17-12-13-18-22-24(5,6)21(2,3)4/h7,9-11,14-16H,1,8,12-13,17-18H2,2-6H3/b19-14-. The largest absolute Gasteiger partial charge is 0.417 e. The van der Waals surface area contributed by atoms with Crippen molar-refractivity contribution in [2.75, 3.05) is 6.61 Å². The second kappa shape index (κ2) is 10.3. The molecule has 0 spiro atoms. The van der Waals surface area contributed by atoms with Crippen LogP contribution in [0.25, 0.3) is 0 Å². The average molecular weight is 363 g/mol. The zero-order valence-electron chi connectivity index (χ0n) is 16.1. The third-order valence-electron chi connectivity index (χ3n) is 4.59. The molecule has 1 nitrogen and oxygen atoms in total. The average Bonchev–Trinajstić information content (AvgIpc) is 2.51. The van der Waals surface area contributed by atoms with Crippen LogP contribution in [0.5, 0.6) is 0 Å². The van der Waals surface area contributed by atoms with Crippen molar-refractivity contribution in [3.05, 3.63) is 54.0 Å². The molecule has 0 bridgehead atoms. The summed E-state index contributed by atoms with van der Waals surface area (Å²) in [6, 6.07) is 10.6. The van der Waals surface area contributed by atoms with E-state index in [0.717, 1.165) is 25.9 Å². The van der Waals surface area contributed by atoms with Crippen molar-refractivity contribution in [2.24, 2.45) is 0 Å². The van der Waals surface area contributed by atoms with Crippen LogP contribution in [0.1, 0.15) is 46.5 Å². The summed E-state index contributed by atoms with van der Waals surface area (Å²) in [5.74, 6) is 0. The summed E-state index contributed by atoms with van der Waals surface area (Å²) < 4.78 is 6.27. The van der Waals surface area contributed by atoms with Crippen molar-refractivity contribution in [1.29, 1.82) is 0 Å². The molecule has 1 aromatic rings. The van der Waals surface area contributed by atoms with Crippen LogP contribution < -0.4 is 0 Å².